The van der Waals surface area contributed by atoms with Gasteiger partial charge in [-0.1, -0.05) is 30.3 Å². The molecule has 2 aromatic carbocycles. The molecular weight excluding hydrogens is 389 g/mol. The Labute approximate surface area is 143 Å². The molecular formula is C18H16INO2. The van der Waals surface area contributed by atoms with Crippen molar-refractivity contribution in [3.05, 3.63) is 68.8 Å². The van der Waals surface area contributed by atoms with Crippen molar-refractivity contribution in [2.45, 2.75) is 19.3 Å². The molecule has 2 aromatic rings. The third kappa shape index (κ3) is 2.92. The quantitative estimate of drug-likeness (QED) is 0.430. The number of imide groups is 1. The molecule has 0 radical (unpaired) electrons. The Hall–Kier alpha value is -1.69. The van der Waals surface area contributed by atoms with Crippen LogP contribution in [0.2, 0.25) is 0 Å². The molecule has 0 spiro atoms. The zero-order valence-corrected chi connectivity index (χ0v) is 14.2. The second kappa shape index (κ2) is 6.60. The summed E-state index contributed by atoms with van der Waals surface area (Å²) in [6, 6.07) is 15.3. The Morgan fingerprint density at radius 3 is 2.05 bits per heavy atom. The van der Waals surface area contributed by atoms with Gasteiger partial charge in [-0.2, -0.15) is 0 Å². The van der Waals surface area contributed by atoms with Crippen molar-refractivity contribution < 1.29 is 9.59 Å². The number of nitrogens with zero attached hydrogens (tertiary/aromatic N) is 1. The molecule has 1 heterocycles. The predicted molar refractivity (Wildman–Crippen MR) is 93.9 cm³/mol. The number of benzene rings is 2. The molecule has 22 heavy (non-hydrogen) atoms. The van der Waals surface area contributed by atoms with E-state index in [0.29, 0.717) is 17.7 Å². The van der Waals surface area contributed by atoms with Gasteiger partial charge in [0, 0.05) is 10.1 Å². The average Bonchev–Trinajstić information content (AvgIpc) is 2.78. The normalized spacial score (nSPS) is 13.6. The van der Waals surface area contributed by atoms with Crippen LogP contribution >= 0.6 is 22.6 Å². The number of carbonyl (C=O) groups excluding carboxylic acids is 2. The van der Waals surface area contributed by atoms with Gasteiger partial charge in [-0.25, -0.2) is 0 Å². The Morgan fingerprint density at radius 1 is 0.818 bits per heavy atom. The summed E-state index contributed by atoms with van der Waals surface area (Å²) in [5.41, 5.74) is 2.39. The fourth-order valence-electron chi connectivity index (χ4n) is 2.73. The van der Waals surface area contributed by atoms with Crippen LogP contribution in [0.15, 0.2) is 48.5 Å². The Morgan fingerprint density at radius 2 is 1.41 bits per heavy atom. The maximum Gasteiger partial charge on any atom is 0.261 e. The predicted octanol–water partition coefficient (Wildman–Crippen LogP) is 3.91. The highest BCUT2D eigenvalue weighted by Gasteiger charge is 2.34. The lowest BCUT2D eigenvalue weighted by molar-refractivity contribution is 0.0652. The van der Waals surface area contributed by atoms with Crippen molar-refractivity contribution in [3.63, 3.8) is 0 Å². The zero-order valence-electron chi connectivity index (χ0n) is 12.1. The molecule has 3 nitrogen and oxygen atoms in total. The second-order valence-electron chi connectivity index (χ2n) is 5.36. The van der Waals surface area contributed by atoms with E-state index in [0.717, 1.165) is 19.3 Å². The molecule has 0 saturated carbocycles. The first-order chi connectivity index (χ1) is 10.7. The van der Waals surface area contributed by atoms with Crippen LogP contribution in [0.25, 0.3) is 0 Å². The fourth-order valence-corrected chi connectivity index (χ4v) is 3.39. The van der Waals surface area contributed by atoms with Crippen LogP contribution in [0, 0.1) is 3.57 Å². The van der Waals surface area contributed by atoms with Crippen LogP contribution in [0.5, 0.6) is 0 Å². The van der Waals surface area contributed by atoms with E-state index in [1.165, 1.54) is 14.0 Å². The molecule has 0 fully saturated rings. The molecule has 0 bridgehead atoms. The van der Waals surface area contributed by atoms with Gasteiger partial charge in [0.2, 0.25) is 0 Å². The minimum atomic E-state index is -0.158. The first-order valence-corrected chi connectivity index (χ1v) is 8.45. The van der Waals surface area contributed by atoms with Crippen LogP contribution < -0.4 is 0 Å². The first kappa shape index (κ1) is 15.2. The summed E-state index contributed by atoms with van der Waals surface area (Å²) in [6.07, 6.45) is 2.77. The third-order valence-electron chi connectivity index (χ3n) is 3.91. The van der Waals surface area contributed by atoms with Crippen molar-refractivity contribution in [2.24, 2.45) is 0 Å². The zero-order chi connectivity index (χ0) is 15.5. The van der Waals surface area contributed by atoms with Crippen molar-refractivity contribution in [2.75, 3.05) is 6.54 Å². The van der Waals surface area contributed by atoms with Gasteiger partial charge in [-0.3, -0.25) is 14.5 Å². The van der Waals surface area contributed by atoms with Gasteiger partial charge in [-0.15, -0.1) is 0 Å². The summed E-state index contributed by atoms with van der Waals surface area (Å²) in [6.45, 7) is 0.496. The van der Waals surface area contributed by atoms with E-state index in [9.17, 15) is 9.59 Å². The lowest BCUT2D eigenvalue weighted by Crippen LogP contribution is -2.30. The van der Waals surface area contributed by atoms with Crippen molar-refractivity contribution in [3.8, 4) is 0 Å². The van der Waals surface area contributed by atoms with Crippen molar-refractivity contribution in [1.29, 1.82) is 0 Å². The smallest absolute Gasteiger partial charge is 0.261 e. The van der Waals surface area contributed by atoms with Gasteiger partial charge < -0.3 is 0 Å². The number of carbonyl (C=O) groups is 2. The number of fused-ring (bicyclic) bond motifs is 1. The number of halogens is 1. The lowest BCUT2D eigenvalue weighted by atomic mass is 10.1. The van der Waals surface area contributed by atoms with E-state index >= 15 is 0 Å². The van der Waals surface area contributed by atoms with Gasteiger partial charge in [0.25, 0.3) is 11.8 Å². The minimum absolute atomic E-state index is 0.158. The summed E-state index contributed by atoms with van der Waals surface area (Å²) < 4.78 is 1.26. The lowest BCUT2D eigenvalue weighted by Gasteiger charge is -2.13. The molecule has 3 rings (SSSR count). The molecule has 0 aromatic heterocycles. The second-order valence-corrected chi connectivity index (χ2v) is 6.52. The van der Waals surface area contributed by atoms with E-state index < -0.39 is 0 Å². The third-order valence-corrected chi connectivity index (χ3v) is 4.97. The van der Waals surface area contributed by atoms with Crippen LogP contribution in [-0.2, 0) is 6.42 Å². The van der Waals surface area contributed by atoms with Crippen LogP contribution in [0.4, 0.5) is 0 Å². The van der Waals surface area contributed by atoms with Crippen LogP contribution in [0.3, 0.4) is 0 Å². The summed E-state index contributed by atoms with van der Waals surface area (Å²) in [5, 5.41) is 0. The molecule has 2 amide bonds. The average molecular weight is 405 g/mol. The topological polar surface area (TPSA) is 37.4 Å². The van der Waals surface area contributed by atoms with E-state index in [1.807, 2.05) is 12.1 Å². The fraction of sp³-hybridized carbons (Fsp3) is 0.222. The maximum absolute atomic E-state index is 12.2. The number of hydrogen-bond acceptors (Lipinski definition) is 2. The Bertz CT molecular complexity index is 692. The highest BCUT2D eigenvalue weighted by Crippen LogP contribution is 2.23. The molecule has 1 aliphatic heterocycles. The number of aryl methyl sites for hydroxylation is 1. The van der Waals surface area contributed by atoms with Gasteiger partial charge in [-0.05, 0) is 65.6 Å². The minimum Gasteiger partial charge on any atom is -0.274 e. The van der Waals surface area contributed by atoms with Crippen molar-refractivity contribution >= 4 is 34.4 Å². The molecule has 112 valence electrons. The SMILES string of the molecule is O=C1c2ccccc2C(=O)N1CCCCc1ccccc1I. The van der Waals surface area contributed by atoms with Gasteiger partial charge in [0.05, 0.1) is 11.1 Å². The number of amides is 2. The number of rotatable bonds is 5. The summed E-state index contributed by atoms with van der Waals surface area (Å²) in [5.74, 6) is -0.315. The van der Waals surface area contributed by atoms with E-state index in [2.05, 4.69) is 34.7 Å². The van der Waals surface area contributed by atoms with Crippen molar-refractivity contribution in [1.82, 2.24) is 4.90 Å². The monoisotopic (exact) mass is 405 g/mol. The van der Waals surface area contributed by atoms with Gasteiger partial charge in [0.15, 0.2) is 0 Å². The highest BCUT2D eigenvalue weighted by molar-refractivity contribution is 14.1. The molecule has 0 N–H and O–H groups in total. The van der Waals surface area contributed by atoms with Gasteiger partial charge >= 0.3 is 0 Å². The standard InChI is InChI=1S/C18H16INO2/c19-16-11-4-1-7-13(16)8-5-6-12-20-17(21)14-9-2-3-10-15(14)18(20)22/h1-4,7,9-11H,5-6,8,12H2. The molecule has 0 saturated heterocycles. The molecule has 0 aliphatic carbocycles. The Balaban J connectivity index is 1.56. The van der Waals surface area contributed by atoms with Crippen LogP contribution in [0.1, 0.15) is 39.1 Å². The molecule has 1 aliphatic rings. The summed E-state index contributed by atoms with van der Waals surface area (Å²) >= 11 is 2.34. The Kier molecular flexibility index (Phi) is 4.57. The summed E-state index contributed by atoms with van der Waals surface area (Å²) in [7, 11) is 0. The maximum atomic E-state index is 12.2. The van der Waals surface area contributed by atoms with E-state index in [4.69, 9.17) is 0 Å². The number of hydrogen-bond donors (Lipinski definition) is 0. The summed E-state index contributed by atoms with van der Waals surface area (Å²) in [4.78, 5) is 25.8. The molecule has 4 heteroatoms. The van der Waals surface area contributed by atoms with E-state index in [-0.39, 0.29) is 11.8 Å². The molecule has 0 atom stereocenters. The van der Waals surface area contributed by atoms with E-state index in [1.54, 1.807) is 24.3 Å². The molecule has 0 unspecified atom stereocenters. The first-order valence-electron chi connectivity index (χ1n) is 7.37. The highest BCUT2D eigenvalue weighted by atomic mass is 127. The largest absolute Gasteiger partial charge is 0.274 e. The number of unbranched alkanes of at least 4 members (excludes halogenated alkanes) is 1. The van der Waals surface area contributed by atoms with Crippen LogP contribution in [-0.4, -0.2) is 23.3 Å². The van der Waals surface area contributed by atoms with Gasteiger partial charge in [0.1, 0.15) is 0 Å².